The van der Waals surface area contributed by atoms with Crippen LogP contribution < -0.4 is 14.8 Å². The van der Waals surface area contributed by atoms with Crippen molar-refractivity contribution in [3.05, 3.63) is 103 Å². The molecule has 9 nitrogen and oxygen atoms in total. The standard InChI is InChI=1S/C26H21N5O4/c1-33-20-13-9-19(10-14-20)26-27-23(17-34-26)25(32)28-24-16-31(30-29-24)15-18-7-11-22(12-8-18)35-21-5-3-2-4-6-21/h2-14,16-17H,15H2,1H3,(H,28,32). The highest BCUT2D eigenvalue weighted by Gasteiger charge is 2.15. The second kappa shape index (κ2) is 9.92. The second-order valence-corrected chi connectivity index (χ2v) is 7.58. The van der Waals surface area contributed by atoms with Gasteiger partial charge in [0.05, 0.1) is 19.9 Å². The van der Waals surface area contributed by atoms with Gasteiger partial charge < -0.3 is 19.2 Å². The van der Waals surface area contributed by atoms with Crippen LogP contribution in [0.2, 0.25) is 0 Å². The molecule has 0 saturated carbocycles. The summed E-state index contributed by atoms with van der Waals surface area (Å²) < 4.78 is 18.0. The molecule has 1 amide bonds. The number of amides is 1. The van der Waals surface area contributed by atoms with Gasteiger partial charge in [-0.25, -0.2) is 9.67 Å². The lowest BCUT2D eigenvalue weighted by Crippen LogP contribution is -2.12. The number of carbonyl (C=O) groups is 1. The van der Waals surface area contributed by atoms with E-state index in [4.69, 9.17) is 13.9 Å². The lowest BCUT2D eigenvalue weighted by atomic mass is 10.2. The van der Waals surface area contributed by atoms with E-state index >= 15 is 0 Å². The zero-order chi connectivity index (χ0) is 24.0. The molecule has 0 saturated heterocycles. The summed E-state index contributed by atoms with van der Waals surface area (Å²) in [7, 11) is 1.59. The minimum atomic E-state index is -0.442. The topological polar surface area (TPSA) is 104 Å². The van der Waals surface area contributed by atoms with Gasteiger partial charge in [0.15, 0.2) is 11.5 Å². The SMILES string of the molecule is COc1ccc(-c2nc(C(=O)Nc3cn(Cc4ccc(Oc5ccccc5)cc4)nn3)co2)cc1. The van der Waals surface area contributed by atoms with Gasteiger partial charge in [-0.1, -0.05) is 35.5 Å². The van der Waals surface area contributed by atoms with E-state index in [0.29, 0.717) is 18.3 Å². The number of rotatable bonds is 8. The zero-order valence-electron chi connectivity index (χ0n) is 18.8. The predicted octanol–water partition coefficient (Wildman–Crippen LogP) is 5.03. The third-order valence-electron chi connectivity index (χ3n) is 5.10. The summed E-state index contributed by atoms with van der Waals surface area (Å²) in [4.78, 5) is 16.8. The minimum absolute atomic E-state index is 0.138. The van der Waals surface area contributed by atoms with E-state index in [1.807, 2.05) is 54.6 Å². The van der Waals surface area contributed by atoms with Gasteiger partial charge in [-0.15, -0.1) is 5.10 Å². The van der Waals surface area contributed by atoms with Crippen molar-refractivity contribution in [2.75, 3.05) is 12.4 Å². The van der Waals surface area contributed by atoms with Crippen molar-refractivity contribution >= 4 is 11.7 Å². The maximum atomic E-state index is 12.6. The first-order valence-corrected chi connectivity index (χ1v) is 10.8. The van der Waals surface area contributed by atoms with E-state index in [9.17, 15) is 4.79 Å². The Morgan fingerprint density at radius 2 is 1.66 bits per heavy atom. The van der Waals surface area contributed by atoms with E-state index in [-0.39, 0.29) is 5.69 Å². The Hall–Kier alpha value is -4.92. The van der Waals surface area contributed by atoms with Crippen LogP contribution >= 0.6 is 0 Å². The molecule has 2 heterocycles. The number of hydrogen-bond donors (Lipinski definition) is 1. The molecule has 5 rings (SSSR count). The molecule has 174 valence electrons. The fourth-order valence-corrected chi connectivity index (χ4v) is 3.33. The number of hydrogen-bond acceptors (Lipinski definition) is 7. The molecule has 1 N–H and O–H groups in total. The van der Waals surface area contributed by atoms with Crippen LogP contribution in [-0.4, -0.2) is 33.0 Å². The van der Waals surface area contributed by atoms with E-state index in [0.717, 1.165) is 28.4 Å². The van der Waals surface area contributed by atoms with Crippen LogP contribution in [0, 0.1) is 0 Å². The highest BCUT2D eigenvalue weighted by Crippen LogP contribution is 2.23. The van der Waals surface area contributed by atoms with Crippen LogP contribution in [0.4, 0.5) is 5.82 Å². The van der Waals surface area contributed by atoms with Crippen LogP contribution in [0.3, 0.4) is 0 Å². The Kier molecular flexibility index (Phi) is 6.21. The molecule has 9 heteroatoms. The summed E-state index contributed by atoms with van der Waals surface area (Å²) in [5, 5.41) is 10.8. The first-order valence-electron chi connectivity index (χ1n) is 10.8. The molecule has 2 aromatic heterocycles. The predicted molar refractivity (Wildman–Crippen MR) is 129 cm³/mol. The van der Waals surface area contributed by atoms with Crippen molar-refractivity contribution in [1.82, 2.24) is 20.0 Å². The number of anilines is 1. The summed E-state index contributed by atoms with van der Waals surface area (Å²) in [6, 6.07) is 24.5. The number of nitrogens with one attached hydrogen (secondary N) is 1. The highest BCUT2D eigenvalue weighted by molar-refractivity contribution is 6.02. The summed E-state index contributed by atoms with van der Waals surface area (Å²) in [6.45, 7) is 0.486. The molecule has 0 spiro atoms. The Morgan fingerprint density at radius 3 is 2.40 bits per heavy atom. The maximum Gasteiger partial charge on any atom is 0.278 e. The molecule has 0 aliphatic rings. The van der Waals surface area contributed by atoms with Gasteiger partial charge in [0, 0.05) is 5.56 Å². The van der Waals surface area contributed by atoms with Crippen molar-refractivity contribution in [1.29, 1.82) is 0 Å². The number of nitrogens with zero attached hydrogens (tertiary/aromatic N) is 4. The largest absolute Gasteiger partial charge is 0.497 e. The molecular weight excluding hydrogens is 446 g/mol. The van der Waals surface area contributed by atoms with Gasteiger partial charge in [0.25, 0.3) is 5.91 Å². The number of oxazole rings is 1. The normalized spacial score (nSPS) is 10.7. The number of ether oxygens (including phenoxy) is 2. The monoisotopic (exact) mass is 467 g/mol. The van der Waals surface area contributed by atoms with Crippen molar-refractivity contribution in [3.8, 4) is 28.7 Å². The zero-order valence-corrected chi connectivity index (χ0v) is 18.8. The average Bonchev–Trinajstić information content (AvgIpc) is 3.56. The Morgan fingerprint density at radius 1 is 0.943 bits per heavy atom. The lowest BCUT2D eigenvalue weighted by molar-refractivity contribution is 0.102. The fraction of sp³-hybridized carbons (Fsp3) is 0.0769. The van der Waals surface area contributed by atoms with Gasteiger partial charge in [-0.05, 0) is 54.1 Å². The molecule has 0 bridgehead atoms. The third kappa shape index (κ3) is 5.36. The second-order valence-electron chi connectivity index (χ2n) is 7.58. The Labute approximate surface area is 201 Å². The number of methoxy groups -OCH3 is 1. The fourth-order valence-electron chi connectivity index (χ4n) is 3.33. The quantitative estimate of drug-likeness (QED) is 0.341. The molecule has 0 fully saturated rings. The lowest BCUT2D eigenvalue weighted by Gasteiger charge is -2.06. The van der Waals surface area contributed by atoms with Crippen LogP contribution in [-0.2, 0) is 6.54 Å². The number of para-hydroxylation sites is 1. The summed E-state index contributed by atoms with van der Waals surface area (Å²) in [5.41, 5.74) is 1.88. The molecule has 5 aromatic rings. The molecule has 0 unspecified atom stereocenters. The Bertz CT molecular complexity index is 1410. The van der Waals surface area contributed by atoms with Gasteiger partial charge in [0.1, 0.15) is 23.5 Å². The first kappa shape index (κ1) is 21.9. The van der Waals surface area contributed by atoms with Gasteiger partial charge in [0.2, 0.25) is 5.89 Å². The molecule has 3 aromatic carbocycles. The Balaban J connectivity index is 1.18. The van der Waals surface area contributed by atoms with Crippen molar-refractivity contribution in [2.45, 2.75) is 6.54 Å². The summed E-state index contributed by atoms with van der Waals surface area (Å²) in [6.07, 6.45) is 2.95. The maximum absolute atomic E-state index is 12.6. The number of benzene rings is 3. The molecule has 35 heavy (non-hydrogen) atoms. The molecular formula is C26H21N5O4. The van der Waals surface area contributed by atoms with Gasteiger partial charge in [-0.2, -0.15) is 0 Å². The smallest absolute Gasteiger partial charge is 0.278 e. The highest BCUT2D eigenvalue weighted by atomic mass is 16.5. The van der Waals surface area contributed by atoms with E-state index in [2.05, 4.69) is 20.6 Å². The van der Waals surface area contributed by atoms with Crippen LogP contribution in [0.15, 0.2) is 95.7 Å². The van der Waals surface area contributed by atoms with Crippen molar-refractivity contribution in [3.63, 3.8) is 0 Å². The molecule has 0 atom stereocenters. The number of carbonyl (C=O) groups excluding carboxylic acids is 1. The van der Waals surface area contributed by atoms with Crippen LogP contribution in [0.1, 0.15) is 16.1 Å². The first-order chi connectivity index (χ1) is 17.2. The summed E-state index contributed by atoms with van der Waals surface area (Å²) >= 11 is 0. The van der Waals surface area contributed by atoms with Crippen LogP contribution in [0.5, 0.6) is 17.2 Å². The summed E-state index contributed by atoms with van der Waals surface area (Å²) in [5.74, 6) is 2.45. The third-order valence-corrected chi connectivity index (χ3v) is 5.10. The van der Waals surface area contributed by atoms with E-state index < -0.39 is 5.91 Å². The molecule has 0 aliphatic heterocycles. The average molecular weight is 467 g/mol. The molecule has 0 radical (unpaired) electrons. The van der Waals surface area contributed by atoms with E-state index in [1.54, 1.807) is 42.3 Å². The van der Waals surface area contributed by atoms with Gasteiger partial charge >= 0.3 is 0 Å². The molecule has 0 aliphatic carbocycles. The van der Waals surface area contributed by atoms with Crippen LogP contribution in [0.25, 0.3) is 11.5 Å². The van der Waals surface area contributed by atoms with Gasteiger partial charge in [-0.3, -0.25) is 4.79 Å². The number of aromatic nitrogens is 4. The van der Waals surface area contributed by atoms with Crippen molar-refractivity contribution in [2.24, 2.45) is 0 Å². The minimum Gasteiger partial charge on any atom is -0.497 e. The van der Waals surface area contributed by atoms with E-state index in [1.165, 1.54) is 6.26 Å². The van der Waals surface area contributed by atoms with Crippen molar-refractivity contribution < 1.29 is 18.7 Å².